The molecule has 0 radical (unpaired) electrons. The van der Waals surface area contributed by atoms with Crippen LogP contribution in [0.25, 0.3) is 0 Å². The summed E-state index contributed by atoms with van der Waals surface area (Å²) in [7, 11) is 3.54. The van der Waals surface area contributed by atoms with Gasteiger partial charge in [0, 0.05) is 26.2 Å². The van der Waals surface area contributed by atoms with Gasteiger partial charge in [-0.1, -0.05) is 6.92 Å². The van der Waals surface area contributed by atoms with Crippen molar-refractivity contribution in [3.8, 4) is 0 Å². The fourth-order valence-electron chi connectivity index (χ4n) is 3.16. The maximum absolute atomic E-state index is 12.8. The molecule has 0 saturated carbocycles. The van der Waals surface area contributed by atoms with Gasteiger partial charge in [0.1, 0.15) is 11.7 Å². The standard InChI is InChI=1S/C15H26N6O3.ClH/c1-5-12(15(22)20-8-6-7-11(9-20)16-3)17-14-13(21(23)24)10(2)18-19(14)4;/h11-12,16-17H,5-9H2,1-4H3;1H. The third-order valence-electron chi connectivity index (χ3n) is 4.53. The van der Waals surface area contributed by atoms with E-state index in [1.807, 2.05) is 18.9 Å². The third kappa shape index (κ3) is 4.60. The van der Waals surface area contributed by atoms with E-state index in [2.05, 4.69) is 15.7 Å². The first-order valence-corrected chi connectivity index (χ1v) is 8.29. The van der Waals surface area contributed by atoms with Crippen molar-refractivity contribution in [1.82, 2.24) is 20.0 Å². The van der Waals surface area contributed by atoms with E-state index in [4.69, 9.17) is 0 Å². The first-order chi connectivity index (χ1) is 11.4. The summed E-state index contributed by atoms with van der Waals surface area (Å²) < 4.78 is 1.43. The van der Waals surface area contributed by atoms with Crippen molar-refractivity contribution in [1.29, 1.82) is 0 Å². The zero-order valence-corrected chi connectivity index (χ0v) is 15.9. The number of aryl methyl sites for hydroxylation is 2. The molecule has 2 unspecified atom stereocenters. The van der Waals surface area contributed by atoms with Gasteiger partial charge >= 0.3 is 5.69 Å². The molecule has 0 aromatic carbocycles. The lowest BCUT2D eigenvalue weighted by molar-refractivity contribution is -0.384. The van der Waals surface area contributed by atoms with Crippen molar-refractivity contribution in [2.24, 2.45) is 7.05 Å². The molecule has 1 aromatic heterocycles. The fraction of sp³-hybridized carbons (Fsp3) is 0.733. The normalized spacial score (nSPS) is 18.4. The molecular weight excluding hydrogens is 348 g/mol. The number of anilines is 1. The van der Waals surface area contributed by atoms with Gasteiger partial charge in [0.05, 0.1) is 4.92 Å². The number of likely N-dealkylation sites (N-methyl/N-ethyl adjacent to an activating group) is 1. The van der Waals surface area contributed by atoms with Crippen LogP contribution in [0.1, 0.15) is 31.9 Å². The van der Waals surface area contributed by atoms with Gasteiger partial charge in [-0.15, -0.1) is 12.4 Å². The minimum atomic E-state index is -0.505. The van der Waals surface area contributed by atoms with E-state index in [0.29, 0.717) is 24.7 Å². The number of halogens is 1. The van der Waals surface area contributed by atoms with Crippen molar-refractivity contribution >= 4 is 29.8 Å². The molecule has 1 saturated heterocycles. The van der Waals surface area contributed by atoms with E-state index < -0.39 is 11.0 Å². The van der Waals surface area contributed by atoms with Gasteiger partial charge in [0.25, 0.3) is 0 Å². The van der Waals surface area contributed by atoms with Crippen LogP contribution in [-0.2, 0) is 11.8 Å². The van der Waals surface area contributed by atoms with Gasteiger partial charge in [0.15, 0.2) is 0 Å². The Labute approximate surface area is 153 Å². The largest absolute Gasteiger partial charge is 0.353 e. The van der Waals surface area contributed by atoms with Gasteiger partial charge in [-0.25, -0.2) is 4.68 Å². The van der Waals surface area contributed by atoms with E-state index in [1.165, 1.54) is 4.68 Å². The summed E-state index contributed by atoms with van der Waals surface area (Å²) in [5, 5.41) is 21.6. The van der Waals surface area contributed by atoms with Gasteiger partial charge in [0.2, 0.25) is 11.7 Å². The molecule has 1 aliphatic heterocycles. The van der Waals surface area contributed by atoms with E-state index in [9.17, 15) is 14.9 Å². The van der Waals surface area contributed by atoms with Crippen molar-refractivity contribution in [3.63, 3.8) is 0 Å². The van der Waals surface area contributed by atoms with Gasteiger partial charge < -0.3 is 15.5 Å². The topological polar surface area (TPSA) is 105 Å². The average molecular weight is 375 g/mol. The summed E-state index contributed by atoms with van der Waals surface area (Å²) in [4.78, 5) is 25.5. The number of likely N-dealkylation sites (tertiary alicyclic amines) is 1. The molecule has 2 rings (SSSR count). The number of piperidine rings is 1. The van der Waals surface area contributed by atoms with E-state index in [1.54, 1.807) is 14.0 Å². The third-order valence-corrected chi connectivity index (χ3v) is 4.53. The zero-order valence-electron chi connectivity index (χ0n) is 15.1. The maximum atomic E-state index is 12.8. The number of nitrogens with one attached hydrogen (secondary N) is 2. The molecule has 10 heteroatoms. The Balaban J connectivity index is 0.00000312. The first kappa shape index (κ1) is 21.2. The van der Waals surface area contributed by atoms with Crippen molar-refractivity contribution in [2.75, 3.05) is 25.5 Å². The smallest absolute Gasteiger partial charge is 0.333 e. The lowest BCUT2D eigenvalue weighted by Gasteiger charge is -2.35. The molecule has 1 amide bonds. The monoisotopic (exact) mass is 374 g/mol. The molecular formula is C15H27ClN6O3. The highest BCUT2D eigenvalue weighted by atomic mass is 35.5. The second-order valence-corrected chi connectivity index (χ2v) is 6.18. The van der Waals surface area contributed by atoms with E-state index in [0.717, 1.165) is 19.4 Å². The second kappa shape index (κ2) is 9.00. The fourth-order valence-corrected chi connectivity index (χ4v) is 3.16. The number of carbonyl (C=O) groups excluding carboxylic acids is 1. The van der Waals surface area contributed by atoms with Crippen LogP contribution in [0, 0.1) is 17.0 Å². The highest BCUT2D eigenvalue weighted by molar-refractivity contribution is 5.85. The summed E-state index contributed by atoms with van der Waals surface area (Å²) >= 11 is 0. The van der Waals surface area contributed by atoms with Crippen LogP contribution in [0.2, 0.25) is 0 Å². The lowest BCUT2D eigenvalue weighted by atomic mass is 10.0. The van der Waals surface area contributed by atoms with Crippen molar-refractivity contribution in [3.05, 3.63) is 15.8 Å². The van der Waals surface area contributed by atoms with Crippen LogP contribution in [0.3, 0.4) is 0 Å². The summed E-state index contributed by atoms with van der Waals surface area (Å²) in [6.45, 7) is 4.88. The summed E-state index contributed by atoms with van der Waals surface area (Å²) in [5.74, 6) is 0.255. The molecule has 142 valence electrons. The summed E-state index contributed by atoms with van der Waals surface area (Å²) in [5.41, 5.74) is 0.260. The number of amides is 1. The van der Waals surface area contributed by atoms with Gasteiger partial charge in [-0.05, 0) is 33.2 Å². The minimum Gasteiger partial charge on any atom is -0.353 e. The Morgan fingerprint density at radius 3 is 2.76 bits per heavy atom. The number of nitro groups is 1. The van der Waals surface area contributed by atoms with Crippen LogP contribution in [0.4, 0.5) is 11.5 Å². The maximum Gasteiger partial charge on any atom is 0.333 e. The predicted octanol–water partition coefficient (Wildman–Crippen LogP) is 1.46. The molecule has 1 aromatic rings. The number of aromatic nitrogens is 2. The van der Waals surface area contributed by atoms with E-state index in [-0.39, 0.29) is 29.8 Å². The molecule has 0 spiro atoms. The second-order valence-electron chi connectivity index (χ2n) is 6.18. The predicted molar refractivity (Wildman–Crippen MR) is 98.2 cm³/mol. The summed E-state index contributed by atoms with van der Waals surface area (Å²) in [6.07, 6.45) is 2.55. The Morgan fingerprint density at radius 2 is 2.20 bits per heavy atom. The number of hydrogen-bond acceptors (Lipinski definition) is 6. The Hall–Kier alpha value is -1.87. The molecule has 2 atom stereocenters. The van der Waals surface area contributed by atoms with E-state index >= 15 is 0 Å². The van der Waals surface area contributed by atoms with Crippen LogP contribution < -0.4 is 10.6 Å². The molecule has 0 bridgehead atoms. The van der Waals surface area contributed by atoms with Crippen molar-refractivity contribution in [2.45, 2.75) is 45.2 Å². The first-order valence-electron chi connectivity index (χ1n) is 8.29. The van der Waals surface area contributed by atoms with Crippen LogP contribution in [-0.4, -0.2) is 57.7 Å². The quantitative estimate of drug-likeness (QED) is 0.576. The SMILES string of the molecule is CCC(Nc1c([N+](=O)[O-])c(C)nn1C)C(=O)N1CCCC(NC)C1.Cl. The molecule has 25 heavy (non-hydrogen) atoms. The highest BCUT2D eigenvalue weighted by Gasteiger charge is 2.31. The van der Waals surface area contributed by atoms with Crippen molar-refractivity contribution < 1.29 is 9.72 Å². The molecule has 1 fully saturated rings. The van der Waals surface area contributed by atoms with Crippen LogP contribution in [0.5, 0.6) is 0 Å². The Kier molecular flexibility index (Phi) is 7.62. The number of rotatable bonds is 6. The minimum absolute atomic E-state index is 0. The molecule has 1 aliphatic rings. The highest BCUT2D eigenvalue weighted by Crippen LogP contribution is 2.28. The Morgan fingerprint density at radius 1 is 1.52 bits per heavy atom. The average Bonchev–Trinajstić information content (AvgIpc) is 2.85. The molecule has 2 heterocycles. The van der Waals surface area contributed by atoms with Crippen LogP contribution in [0.15, 0.2) is 0 Å². The number of hydrogen-bond donors (Lipinski definition) is 2. The number of nitrogens with zero attached hydrogens (tertiary/aromatic N) is 4. The molecule has 2 N–H and O–H groups in total. The van der Waals surface area contributed by atoms with Gasteiger partial charge in [-0.3, -0.25) is 14.9 Å². The molecule has 9 nitrogen and oxygen atoms in total. The van der Waals surface area contributed by atoms with Gasteiger partial charge in [-0.2, -0.15) is 5.10 Å². The summed E-state index contributed by atoms with van der Waals surface area (Å²) in [6, 6.07) is -0.206. The lowest BCUT2D eigenvalue weighted by Crippen LogP contribution is -2.51. The number of carbonyl (C=O) groups is 1. The zero-order chi connectivity index (χ0) is 17.9. The Bertz CT molecular complexity index is 621. The van der Waals surface area contributed by atoms with Crippen LogP contribution >= 0.6 is 12.4 Å². The molecule has 0 aliphatic carbocycles.